The molecule has 0 heterocycles. The Labute approximate surface area is 174 Å². The predicted molar refractivity (Wildman–Crippen MR) is 112 cm³/mol. The van der Waals surface area contributed by atoms with Crippen molar-refractivity contribution in [2.75, 3.05) is 16.2 Å². The molecule has 0 bridgehead atoms. The molecule has 5 nitrogen and oxygen atoms in total. The number of nitrogens with one attached hydrogen (secondary N) is 1. The number of sulfonamides is 1. The van der Waals surface area contributed by atoms with Gasteiger partial charge < -0.3 is 5.32 Å². The van der Waals surface area contributed by atoms with Gasteiger partial charge in [0.2, 0.25) is 5.91 Å². The third-order valence-corrected chi connectivity index (χ3v) is 6.24. The van der Waals surface area contributed by atoms with Crippen LogP contribution in [-0.4, -0.2) is 20.9 Å². The molecule has 0 saturated carbocycles. The van der Waals surface area contributed by atoms with Crippen LogP contribution in [0.3, 0.4) is 0 Å². The molecule has 0 aliphatic carbocycles. The molecule has 0 radical (unpaired) electrons. The molecule has 0 aliphatic rings. The fourth-order valence-corrected chi connectivity index (χ4v) is 4.28. The Morgan fingerprint density at radius 2 is 1.60 bits per heavy atom. The molecule has 1 amide bonds. The molecule has 0 spiro atoms. The van der Waals surface area contributed by atoms with E-state index in [-0.39, 0.29) is 10.6 Å². The molecule has 156 valence electrons. The van der Waals surface area contributed by atoms with E-state index in [1.54, 1.807) is 42.5 Å². The highest BCUT2D eigenvalue weighted by molar-refractivity contribution is 7.92. The van der Waals surface area contributed by atoms with Gasteiger partial charge in [-0.15, -0.1) is 0 Å². The fraction of sp³-hybridized carbons (Fsp3) is 0.136. The first-order valence-corrected chi connectivity index (χ1v) is 10.7. The molecule has 3 aromatic rings. The van der Waals surface area contributed by atoms with E-state index in [0.29, 0.717) is 5.69 Å². The lowest BCUT2D eigenvalue weighted by Gasteiger charge is -2.24. The molecule has 1 N–H and O–H groups in total. The minimum atomic E-state index is -4.04. The lowest BCUT2D eigenvalue weighted by atomic mass is 10.1. The van der Waals surface area contributed by atoms with Crippen LogP contribution in [0.4, 0.5) is 20.2 Å². The van der Waals surface area contributed by atoms with E-state index >= 15 is 0 Å². The average molecular weight is 430 g/mol. The molecule has 0 saturated heterocycles. The predicted octanol–water partition coefficient (Wildman–Crippen LogP) is 4.36. The summed E-state index contributed by atoms with van der Waals surface area (Å²) in [5, 5.41) is 2.40. The van der Waals surface area contributed by atoms with Crippen molar-refractivity contribution in [1.29, 1.82) is 0 Å². The van der Waals surface area contributed by atoms with Crippen molar-refractivity contribution in [3.8, 4) is 0 Å². The first-order chi connectivity index (χ1) is 14.3. The molecule has 8 heteroatoms. The van der Waals surface area contributed by atoms with E-state index < -0.39 is 34.1 Å². The van der Waals surface area contributed by atoms with Gasteiger partial charge in [0, 0.05) is 11.8 Å². The zero-order chi connectivity index (χ0) is 21.7. The Hall–Kier alpha value is -3.26. The Bertz CT molecular complexity index is 1130. The molecule has 0 atom stereocenters. The maximum Gasteiger partial charge on any atom is 0.264 e. The molecule has 30 heavy (non-hydrogen) atoms. The number of carbonyl (C=O) groups is 1. The maximum atomic E-state index is 13.4. The van der Waals surface area contributed by atoms with Crippen LogP contribution in [0.15, 0.2) is 77.7 Å². The van der Waals surface area contributed by atoms with E-state index in [1.807, 2.05) is 6.92 Å². The second-order valence-corrected chi connectivity index (χ2v) is 8.38. The van der Waals surface area contributed by atoms with Gasteiger partial charge in [-0.3, -0.25) is 9.10 Å². The second-order valence-electron chi connectivity index (χ2n) is 6.52. The SMILES string of the molecule is CCc1ccc(N(CC(=O)Nc2ccc(F)c(F)c2)S(=O)(=O)c2ccccc2)cc1. The van der Waals surface area contributed by atoms with E-state index in [9.17, 15) is 22.0 Å². The highest BCUT2D eigenvalue weighted by Crippen LogP contribution is 2.24. The fourth-order valence-electron chi connectivity index (χ4n) is 2.84. The normalized spacial score (nSPS) is 11.2. The Kier molecular flexibility index (Phi) is 6.47. The highest BCUT2D eigenvalue weighted by Gasteiger charge is 2.27. The van der Waals surface area contributed by atoms with Crippen molar-refractivity contribution in [3.05, 3.63) is 90.0 Å². The van der Waals surface area contributed by atoms with Crippen molar-refractivity contribution in [2.45, 2.75) is 18.2 Å². The topological polar surface area (TPSA) is 66.5 Å². The highest BCUT2D eigenvalue weighted by atomic mass is 32.2. The average Bonchev–Trinajstić information content (AvgIpc) is 2.75. The summed E-state index contributed by atoms with van der Waals surface area (Å²) in [6.07, 6.45) is 0.780. The molecule has 3 aromatic carbocycles. The van der Waals surface area contributed by atoms with Gasteiger partial charge in [-0.25, -0.2) is 17.2 Å². The van der Waals surface area contributed by atoms with E-state index in [1.165, 1.54) is 18.2 Å². The molecular weight excluding hydrogens is 410 g/mol. The largest absolute Gasteiger partial charge is 0.324 e. The number of halogens is 2. The van der Waals surface area contributed by atoms with Crippen LogP contribution in [0.1, 0.15) is 12.5 Å². The van der Waals surface area contributed by atoms with Crippen LogP contribution in [-0.2, 0) is 21.2 Å². The van der Waals surface area contributed by atoms with Gasteiger partial charge in [0.25, 0.3) is 10.0 Å². The monoisotopic (exact) mass is 430 g/mol. The number of nitrogens with zero attached hydrogens (tertiary/aromatic N) is 1. The van der Waals surface area contributed by atoms with Gasteiger partial charge in [0.15, 0.2) is 11.6 Å². The van der Waals surface area contributed by atoms with Gasteiger partial charge >= 0.3 is 0 Å². The number of amides is 1. The molecule has 0 fully saturated rings. The first-order valence-electron chi connectivity index (χ1n) is 9.23. The van der Waals surface area contributed by atoms with E-state index in [4.69, 9.17) is 0 Å². The quantitative estimate of drug-likeness (QED) is 0.606. The summed E-state index contributed by atoms with van der Waals surface area (Å²) in [6, 6.07) is 17.5. The third kappa shape index (κ3) is 4.83. The molecular formula is C22H20F2N2O3S. The van der Waals surface area contributed by atoms with Crippen molar-refractivity contribution in [2.24, 2.45) is 0 Å². The summed E-state index contributed by atoms with van der Waals surface area (Å²) in [4.78, 5) is 12.6. The van der Waals surface area contributed by atoms with Gasteiger partial charge in [-0.05, 0) is 48.4 Å². The van der Waals surface area contributed by atoms with Crippen LogP contribution < -0.4 is 9.62 Å². The van der Waals surface area contributed by atoms with Gasteiger partial charge in [0.05, 0.1) is 10.6 Å². The summed E-state index contributed by atoms with van der Waals surface area (Å²) in [7, 11) is -4.04. The lowest BCUT2D eigenvalue weighted by molar-refractivity contribution is -0.114. The van der Waals surface area contributed by atoms with Crippen molar-refractivity contribution >= 4 is 27.3 Å². The maximum absolute atomic E-state index is 13.4. The minimum Gasteiger partial charge on any atom is -0.324 e. The lowest BCUT2D eigenvalue weighted by Crippen LogP contribution is -2.38. The van der Waals surface area contributed by atoms with Gasteiger partial charge in [-0.1, -0.05) is 37.3 Å². The van der Waals surface area contributed by atoms with E-state index in [2.05, 4.69) is 5.32 Å². The van der Waals surface area contributed by atoms with Crippen molar-refractivity contribution in [1.82, 2.24) is 0 Å². The summed E-state index contributed by atoms with van der Waals surface area (Å²) in [6.45, 7) is 1.43. The number of anilines is 2. The zero-order valence-corrected chi connectivity index (χ0v) is 17.0. The number of aryl methyl sites for hydroxylation is 1. The molecule has 3 rings (SSSR count). The molecule has 0 aliphatic heterocycles. The summed E-state index contributed by atoms with van der Waals surface area (Å²) < 4.78 is 53.9. The number of carbonyl (C=O) groups excluding carboxylic acids is 1. The number of rotatable bonds is 7. The smallest absolute Gasteiger partial charge is 0.264 e. The van der Waals surface area contributed by atoms with Crippen molar-refractivity contribution in [3.63, 3.8) is 0 Å². The summed E-state index contributed by atoms with van der Waals surface area (Å²) in [5.74, 6) is -2.85. The standard InChI is InChI=1S/C22H20F2N2O3S/c1-2-16-8-11-18(12-9-16)26(30(28,29)19-6-4-3-5-7-19)15-22(27)25-17-10-13-20(23)21(24)14-17/h3-14H,2,15H2,1H3,(H,25,27). The zero-order valence-electron chi connectivity index (χ0n) is 16.2. The van der Waals surface area contributed by atoms with Crippen LogP contribution in [0.5, 0.6) is 0 Å². The van der Waals surface area contributed by atoms with Crippen LogP contribution in [0, 0.1) is 11.6 Å². The Morgan fingerprint density at radius 1 is 0.933 bits per heavy atom. The Balaban J connectivity index is 1.92. The van der Waals surface area contributed by atoms with Crippen LogP contribution in [0.2, 0.25) is 0 Å². The summed E-state index contributed by atoms with van der Waals surface area (Å²) >= 11 is 0. The van der Waals surface area contributed by atoms with Crippen LogP contribution >= 0.6 is 0 Å². The minimum absolute atomic E-state index is 0.0253. The van der Waals surface area contributed by atoms with Gasteiger partial charge in [0.1, 0.15) is 6.54 Å². The van der Waals surface area contributed by atoms with E-state index in [0.717, 1.165) is 28.4 Å². The van der Waals surface area contributed by atoms with Crippen LogP contribution in [0.25, 0.3) is 0 Å². The number of hydrogen-bond acceptors (Lipinski definition) is 3. The Morgan fingerprint density at radius 3 is 2.20 bits per heavy atom. The molecule has 0 unspecified atom stereocenters. The third-order valence-electron chi connectivity index (χ3n) is 4.45. The van der Waals surface area contributed by atoms with Crippen molar-refractivity contribution < 1.29 is 22.0 Å². The van der Waals surface area contributed by atoms with Gasteiger partial charge in [-0.2, -0.15) is 0 Å². The second kappa shape index (κ2) is 9.04. The molecule has 0 aromatic heterocycles. The number of benzene rings is 3. The summed E-state index contributed by atoms with van der Waals surface area (Å²) in [5.41, 5.74) is 1.36. The first kappa shape index (κ1) is 21.4. The number of hydrogen-bond donors (Lipinski definition) is 1.